The highest BCUT2D eigenvalue weighted by Crippen LogP contribution is 2.34. The first kappa shape index (κ1) is 14.3. The summed E-state index contributed by atoms with van der Waals surface area (Å²) in [5.41, 5.74) is 1.70. The summed E-state index contributed by atoms with van der Waals surface area (Å²) in [4.78, 5) is 0.313. The Kier molecular flexibility index (Phi) is 4.07. The molecule has 0 radical (unpaired) electrons. The van der Waals surface area contributed by atoms with Crippen LogP contribution in [0, 0.1) is 6.92 Å². The van der Waals surface area contributed by atoms with Crippen LogP contribution in [-0.4, -0.2) is 25.8 Å². The topological polar surface area (TPSA) is 37.4 Å². The second kappa shape index (κ2) is 5.12. The van der Waals surface area contributed by atoms with Crippen LogP contribution in [0.15, 0.2) is 21.5 Å². The van der Waals surface area contributed by atoms with Crippen LogP contribution in [0.25, 0.3) is 0 Å². The number of alkyl halides is 1. The quantitative estimate of drug-likeness (QED) is 0.780. The summed E-state index contributed by atoms with van der Waals surface area (Å²) in [5.74, 6) is 0.309. The molecule has 0 spiro atoms. The highest BCUT2D eigenvalue weighted by Gasteiger charge is 2.36. The van der Waals surface area contributed by atoms with Gasteiger partial charge in [0, 0.05) is 23.4 Å². The van der Waals surface area contributed by atoms with Crippen molar-refractivity contribution in [3.8, 4) is 0 Å². The van der Waals surface area contributed by atoms with Gasteiger partial charge in [0.05, 0.1) is 4.90 Å². The van der Waals surface area contributed by atoms with Gasteiger partial charge in [-0.25, -0.2) is 8.42 Å². The van der Waals surface area contributed by atoms with E-state index in [4.69, 9.17) is 11.6 Å². The predicted octanol–water partition coefficient (Wildman–Crippen LogP) is 3.28. The van der Waals surface area contributed by atoms with Crippen LogP contribution in [0.1, 0.15) is 24.0 Å². The SMILES string of the molecule is Cc1cc(CCl)cc(S(=O)(=O)N(C)C2CC2)c1Br. The fraction of sp³-hybridized carbons (Fsp3) is 0.500. The maximum atomic E-state index is 12.5. The van der Waals surface area contributed by atoms with E-state index in [0.717, 1.165) is 24.0 Å². The van der Waals surface area contributed by atoms with E-state index >= 15 is 0 Å². The van der Waals surface area contributed by atoms with Crippen molar-refractivity contribution in [1.82, 2.24) is 4.31 Å². The van der Waals surface area contributed by atoms with Crippen molar-refractivity contribution in [3.63, 3.8) is 0 Å². The lowest BCUT2D eigenvalue weighted by Crippen LogP contribution is -2.29. The molecule has 3 nitrogen and oxygen atoms in total. The van der Waals surface area contributed by atoms with Crippen LogP contribution < -0.4 is 0 Å². The molecule has 0 aromatic heterocycles. The first-order valence-corrected chi connectivity index (χ1v) is 8.47. The van der Waals surface area contributed by atoms with Crippen LogP contribution in [-0.2, 0) is 15.9 Å². The number of aryl methyl sites for hydroxylation is 1. The van der Waals surface area contributed by atoms with Gasteiger partial charge in [0.15, 0.2) is 0 Å². The van der Waals surface area contributed by atoms with E-state index in [-0.39, 0.29) is 6.04 Å². The van der Waals surface area contributed by atoms with Gasteiger partial charge in [0.2, 0.25) is 10.0 Å². The van der Waals surface area contributed by atoms with E-state index < -0.39 is 10.0 Å². The lowest BCUT2D eigenvalue weighted by molar-refractivity contribution is 0.463. The van der Waals surface area contributed by atoms with Crippen molar-refractivity contribution in [2.45, 2.75) is 36.6 Å². The molecule has 0 bridgehead atoms. The summed E-state index contributed by atoms with van der Waals surface area (Å²) >= 11 is 9.17. The first-order valence-electron chi connectivity index (χ1n) is 5.71. The monoisotopic (exact) mass is 351 g/mol. The van der Waals surface area contributed by atoms with Crippen LogP contribution in [0.3, 0.4) is 0 Å². The average Bonchev–Trinajstić information content (AvgIpc) is 3.15. The molecule has 0 atom stereocenters. The minimum atomic E-state index is -3.43. The van der Waals surface area contributed by atoms with Gasteiger partial charge in [-0.3, -0.25) is 0 Å². The molecule has 1 aromatic carbocycles. The Morgan fingerprint density at radius 3 is 2.56 bits per heavy atom. The van der Waals surface area contributed by atoms with E-state index in [1.54, 1.807) is 13.1 Å². The van der Waals surface area contributed by atoms with Crippen molar-refractivity contribution >= 4 is 37.6 Å². The van der Waals surface area contributed by atoms with E-state index in [1.807, 2.05) is 13.0 Å². The summed E-state index contributed by atoms with van der Waals surface area (Å²) in [6.07, 6.45) is 1.89. The number of halogens is 2. The Morgan fingerprint density at radius 1 is 1.44 bits per heavy atom. The van der Waals surface area contributed by atoms with Crippen LogP contribution in [0.4, 0.5) is 0 Å². The van der Waals surface area contributed by atoms with Crippen molar-refractivity contribution in [1.29, 1.82) is 0 Å². The second-order valence-corrected chi connectivity index (χ2v) is 7.64. The zero-order valence-electron chi connectivity index (χ0n) is 10.3. The maximum absolute atomic E-state index is 12.5. The summed E-state index contributed by atoms with van der Waals surface area (Å²) < 4.78 is 27.1. The smallest absolute Gasteiger partial charge is 0.207 e. The number of sulfonamides is 1. The third-order valence-electron chi connectivity index (χ3n) is 3.15. The number of benzene rings is 1. The minimum absolute atomic E-state index is 0.155. The molecule has 0 unspecified atom stereocenters. The molecule has 0 heterocycles. The van der Waals surface area contributed by atoms with Crippen LogP contribution in [0.5, 0.6) is 0 Å². The van der Waals surface area contributed by atoms with Crippen molar-refractivity contribution in [2.24, 2.45) is 0 Å². The van der Waals surface area contributed by atoms with Gasteiger partial charge < -0.3 is 0 Å². The predicted molar refractivity (Wildman–Crippen MR) is 76.4 cm³/mol. The third-order valence-corrected chi connectivity index (χ3v) is 6.71. The molecule has 2 rings (SSSR count). The summed E-state index contributed by atoms with van der Waals surface area (Å²) in [7, 11) is -1.79. The zero-order valence-corrected chi connectivity index (χ0v) is 13.4. The molecule has 1 aromatic rings. The summed E-state index contributed by atoms with van der Waals surface area (Å²) in [6, 6.07) is 3.70. The maximum Gasteiger partial charge on any atom is 0.244 e. The fourth-order valence-electron chi connectivity index (χ4n) is 1.86. The number of nitrogens with zero attached hydrogens (tertiary/aromatic N) is 1. The summed E-state index contributed by atoms with van der Waals surface area (Å²) in [5, 5.41) is 0. The molecule has 0 saturated heterocycles. The number of hydrogen-bond acceptors (Lipinski definition) is 2. The van der Waals surface area contributed by atoms with Gasteiger partial charge >= 0.3 is 0 Å². The van der Waals surface area contributed by atoms with Gasteiger partial charge in [0.25, 0.3) is 0 Å². The van der Waals surface area contributed by atoms with Crippen LogP contribution in [0.2, 0.25) is 0 Å². The molecule has 1 aliphatic rings. The summed E-state index contributed by atoms with van der Waals surface area (Å²) in [6.45, 7) is 1.87. The molecule has 0 amide bonds. The molecule has 1 aliphatic carbocycles. The molecule has 100 valence electrons. The number of rotatable bonds is 4. The molecule has 18 heavy (non-hydrogen) atoms. The molecule has 0 N–H and O–H groups in total. The highest BCUT2D eigenvalue weighted by atomic mass is 79.9. The second-order valence-electron chi connectivity index (χ2n) is 4.61. The molecule has 1 saturated carbocycles. The van der Waals surface area contributed by atoms with Gasteiger partial charge in [-0.2, -0.15) is 4.31 Å². The molecular formula is C12H15BrClNO2S. The van der Waals surface area contributed by atoms with E-state index in [9.17, 15) is 8.42 Å². The van der Waals surface area contributed by atoms with E-state index in [0.29, 0.717) is 15.2 Å². The Hall–Kier alpha value is -0.100. The largest absolute Gasteiger partial charge is 0.244 e. The normalized spacial score (nSPS) is 16.3. The van der Waals surface area contributed by atoms with Gasteiger partial charge in [-0.15, -0.1) is 11.6 Å². The van der Waals surface area contributed by atoms with Crippen molar-refractivity contribution in [3.05, 3.63) is 27.7 Å². The van der Waals surface area contributed by atoms with Gasteiger partial charge in [-0.1, -0.05) is 6.07 Å². The molecular weight excluding hydrogens is 338 g/mol. The Morgan fingerprint density at radius 2 is 2.06 bits per heavy atom. The molecule has 6 heteroatoms. The Balaban J connectivity index is 2.52. The minimum Gasteiger partial charge on any atom is -0.207 e. The van der Waals surface area contributed by atoms with Crippen molar-refractivity contribution < 1.29 is 8.42 Å². The first-order chi connectivity index (χ1) is 8.37. The van der Waals surface area contributed by atoms with Crippen LogP contribution >= 0.6 is 27.5 Å². The molecule has 1 fully saturated rings. The van der Waals surface area contributed by atoms with Crippen molar-refractivity contribution in [2.75, 3.05) is 7.05 Å². The number of hydrogen-bond donors (Lipinski definition) is 0. The lowest BCUT2D eigenvalue weighted by Gasteiger charge is -2.18. The highest BCUT2D eigenvalue weighted by molar-refractivity contribution is 9.10. The fourth-order valence-corrected chi connectivity index (χ4v) is 4.46. The standard InChI is InChI=1S/C12H15BrClNO2S/c1-8-5-9(7-14)6-11(12(8)13)18(16,17)15(2)10-3-4-10/h5-6,10H,3-4,7H2,1-2H3. The van der Waals surface area contributed by atoms with Gasteiger partial charge in [0.1, 0.15) is 0 Å². The Bertz CT molecular complexity index is 570. The van der Waals surface area contributed by atoms with E-state index in [1.165, 1.54) is 4.31 Å². The van der Waals surface area contributed by atoms with Gasteiger partial charge in [-0.05, 0) is 52.9 Å². The molecule has 0 aliphatic heterocycles. The third kappa shape index (κ3) is 2.59. The average molecular weight is 353 g/mol. The van der Waals surface area contributed by atoms with E-state index in [2.05, 4.69) is 15.9 Å². The Labute approximate surface area is 121 Å². The zero-order chi connectivity index (χ0) is 13.5. The lowest BCUT2D eigenvalue weighted by atomic mass is 10.2.